The van der Waals surface area contributed by atoms with E-state index in [2.05, 4.69) is 0 Å². The van der Waals surface area contributed by atoms with Gasteiger partial charge >= 0.3 is 5.97 Å². The fraction of sp³-hybridized carbons (Fsp3) is 0. The number of ether oxygens (including phenoxy) is 1. The molecule has 2 aromatic heterocycles. The Hall–Kier alpha value is -1.65. The molecule has 0 N–H and O–H groups in total. The number of carbonyl (C=O) groups is 1. The Morgan fingerprint density at radius 2 is 1.94 bits per heavy atom. The van der Waals surface area contributed by atoms with Gasteiger partial charge < -0.3 is 4.74 Å². The summed E-state index contributed by atoms with van der Waals surface area (Å²) >= 11 is 3.16. The fourth-order valence-corrected chi connectivity index (χ4v) is 2.90. The van der Waals surface area contributed by atoms with E-state index in [-0.39, 0.29) is 5.97 Å². The first-order valence-electron chi connectivity index (χ1n) is 5.06. The highest BCUT2D eigenvalue weighted by molar-refractivity contribution is 7.11. The molecule has 2 aromatic rings. The Kier molecular flexibility index (Phi) is 2.66. The molecule has 0 aromatic carbocycles. The van der Waals surface area contributed by atoms with Crippen molar-refractivity contribution in [2.24, 2.45) is 0 Å². The van der Waals surface area contributed by atoms with E-state index in [9.17, 15) is 4.79 Å². The van der Waals surface area contributed by atoms with Crippen molar-refractivity contribution in [2.75, 3.05) is 0 Å². The molecular formula is C13H8O2S2. The summed E-state index contributed by atoms with van der Waals surface area (Å²) in [7, 11) is 0. The number of hydrogen-bond donors (Lipinski definition) is 0. The predicted octanol–water partition coefficient (Wildman–Crippen LogP) is 3.79. The van der Waals surface area contributed by atoms with Crippen molar-refractivity contribution in [1.29, 1.82) is 0 Å². The number of hydrogen-bond acceptors (Lipinski definition) is 4. The van der Waals surface area contributed by atoms with E-state index >= 15 is 0 Å². The van der Waals surface area contributed by atoms with Crippen molar-refractivity contribution in [3.63, 3.8) is 0 Å². The first-order chi connectivity index (χ1) is 8.33. The van der Waals surface area contributed by atoms with Gasteiger partial charge in [-0.2, -0.15) is 0 Å². The van der Waals surface area contributed by atoms with Crippen LogP contribution in [0.15, 0.2) is 46.7 Å². The minimum atomic E-state index is -0.276. The fourth-order valence-electron chi connectivity index (χ4n) is 1.56. The molecule has 0 spiro atoms. The lowest BCUT2D eigenvalue weighted by Gasteiger charge is -1.95. The van der Waals surface area contributed by atoms with Gasteiger partial charge in [-0.15, -0.1) is 22.7 Å². The molecule has 1 aliphatic heterocycles. The molecule has 0 amide bonds. The van der Waals surface area contributed by atoms with Crippen LogP contribution in [0.5, 0.6) is 0 Å². The molecule has 4 heteroatoms. The van der Waals surface area contributed by atoms with Crippen LogP contribution in [-0.2, 0) is 9.53 Å². The van der Waals surface area contributed by atoms with Crippen LogP contribution in [0.4, 0.5) is 0 Å². The minimum Gasteiger partial charge on any atom is -0.421 e. The third-order valence-corrected chi connectivity index (χ3v) is 4.03. The van der Waals surface area contributed by atoms with Crippen molar-refractivity contribution < 1.29 is 9.53 Å². The summed E-state index contributed by atoms with van der Waals surface area (Å²) in [5.41, 5.74) is 0.607. The number of cyclic esters (lactones) is 1. The van der Waals surface area contributed by atoms with Gasteiger partial charge in [0.1, 0.15) is 5.76 Å². The van der Waals surface area contributed by atoms with Crippen LogP contribution in [0.1, 0.15) is 9.75 Å². The maximum atomic E-state index is 11.7. The van der Waals surface area contributed by atoms with Crippen molar-refractivity contribution in [1.82, 2.24) is 0 Å². The molecule has 3 rings (SSSR count). The van der Waals surface area contributed by atoms with Gasteiger partial charge in [0.05, 0.1) is 10.5 Å². The molecule has 0 fully saturated rings. The third kappa shape index (κ3) is 2.09. The molecule has 3 heterocycles. The van der Waals surface area contributed by atoms with E-state index < -0.39 is 0 Å². The minimum absolute atomic E-state index is 0.276. The quantitative estimate of drug-likeness (QED) is 0.606. The summed E-state index contributed by atoms with van der Waals surface area (Å²) in [4.78, 5) is 13.7. The summed E-state index contributed by atoms with van der Waals surface area (Å²) in [5, 5.41) is 3.95. The number of carbonyl (C=O) groups excluding carboxylic acids is 1. The summed E-state index contributed by atoms with van der Waals surface area (Å²) in [5.74, 6) is 0.370. The Morgan fingerprint density at radius 1 is 1.12 bits per heavy atom. The van der Waals surface area contributed by atoms with Crippen LogP contribution in [0.2, 0.25) is 0 Å². The maximum absolute atomic E-state index is 11.7. The lowest BCUT2D eigenvalue weighted by Crippen LogP contribution is -1.96. The van der Waals surface area contributed by atoms with Gasteiger partial charge in [0.25, 0.3) is 0 Å². The van der Waals surface area contributed by atoms with Crippen LogP contribution in [0.3, 0.4) is 0 Å². The van der Waals surface area contributed by atoms with Crippen molar-refractivity contribution in [2.45, 2.75) is 0 Å². The van der Waals surface area contributed by atoms with Crippen molar-refractivity contribution in [3.8, 4) is 0 Å². The lowest BCUT2D eigenvalue weighted by atomic mass is 10.2. The molecule has 0 bridgehead atoms. The van der Waals surface area contributed by atoms with Crippen molar-refractivity contribution >= 4 is 40.5 Å². The van der Waals surface area contributed by atoms with Crippen LogP contribution in [0.25, 0.3) is 11.8 Å². The molecule has 0 atom stereocenters. The van der Waals surface area contributed by atoms with E-state index in [1.54, 1.807) is 28.7 Å². The Bertz CT molecular complexity index is 589. The van der Waals surface area contributed by atoms with Gasteiger partial charge in [-0.05, 0) is 35.0 Å². The maximum Gasteiger partial charge on any atom is 0.343 e. The second kappa shape index (κ2) is 4.31. The average Bonchev–Trinajstić information content (AvgIpc) is 3.02. The molecule has 0 unspecified atom stereocenters. The Morgan fingerprint density at radius 3 is 2.65 bits per heavy atom. The highest BCUT2D eigenvalue weighted by Crippen LogP contribution is 2.30. The molecule has 1 aliphatic rings. The predicted molar refractivity (Wildman–Crippen MR) is 70.7 cm³/mol. The standard InChI is InChI=1S/C13H8O2S2/c14-13-9(7-10-3-1-5-16-10)8-11(15-13)12-4-2-6-17-12/h1-8H/b9-7-. The molecule has 0 radical (unpaired) electrons. The normalized spacial score (nSPS) is 17.3. The van der Waals surface area contributed by atoms with E-state index in [4.69, 9.17) is 4.74 Å². The number of thiophene rings is 2. The molecule has 0 saturated heterocycles. The van der Waals surface area contributed by atoms with Gasteiger partial charge in [0.2, 0.25) is 0 Å². The topological polar surface area (TPSA) is 26.3 Å². The van der Waals surface area contributed by atoms with Crippen LogP contribution < -0.4 is 0 Å². The largest absolute Gasteiger partial charge is 0.421 e. The van der Waals surface area contributed by atoms with Crippen molar-refractivity contribution in [3.05, 3.63) is 56.4 Å². The molecule has 84 valence electrons. The second-order valence-electron chi connectivity index (χ2n) is 3.49. The molecule has 17 heavy (non-hydrogen) atoms. The molecule has 0 saturated carbocycles. The second-order valence-corrected chi connectivity index (χ2v) is 5.42. The van der Waals surface area contributed by atoms with Gasteiger partial charge in [0, 0.05) is 4.88 Å². The van der Waals surface area contributed by atoms with Gasteiger partial charge in [-0.25, -0.2) is 4.79 Å². The van der Waals surface area contributed by atoms with Gasteiger partial charge in [-0.3, -0.25) is 0 Å². The van der Waals surface area contributed by atoms with Crippen LogP contribution in [0, 0.1) is 0 Å². The molecular weight excluding hydrogens is 252 g/mol. The summed E-state index contributed by atoms with van der Waals surface area (Å²) in [6, 6.07) is 7.82. The lowest BCUT2D eigenvalue weighted by molar-refractivity contribution is -0.130. The Balaban J connectivity index is 1.95. The van der Waals surface area contributed by atoms with E-state index in [1.807, 2.05) is 41.1 Å². The first kappa shape index (κ1) is 10.5. The Labute approximate surface area is 106 Å². The highest BCUT2D eigenvalue weighted by atomic mass is 32.1. The van der Waals surface area contributed by atoms with Gasteiger partial charge in [-0.1, -0.05) is 12.1 Å². The van der Waals surface area contributed by atoms with Gasteiger partial charge in [0.15, 0.2) is 0 Å². The molecule has 2 nitrogen and oxygen atoms in total. The zero-order valence-electron chi connectivity index (χ0n) is 8.75. The monoisotopic (exact) mass is 260 g/mol. The van der Waals surface area contributed by atoms with Crippen LogP contribution in [-0.4, -0.2) is 5.97 Å². The number of esters is 1. The molecule has 0 aliphatic carbocycles. The highest BCUT2D eigenvalue weighted by Gasteiger charge is 2.22. The average molecular weight is 260 g/mol. The summed E-state index contributed by atoms with van der Waals surface area (Å²) in [6.07, 6.45) is 3.65. The van der Waals surface area contributed by atoms with Crippen LogP contribution >= 0.6 is 22.7 Å². The summed E-state index contributed by atoms with van der Waals surface area (Å²) < 4.78 is 5.24. The number of rotatable bonds is 2. The third-order valence-electron chi connectivity index (χ3n) is 2.33. The zero-order valence-corrected chi connectivity index (χ0v) is 10.4. The zero-order chi connectivity index (χ0) is 11.7. The first-order valence-corrected chi connectivity index (χ1v) is 6.82. The smallest absolute Gasteiger partial charge is 0.343 e. The van der Waals surface area contributed by atoms with E-state index in [0.29, 0.717) is 11.3 Å². The SMILES string of the molecule is O=C1OC(c2cccs2)=C/C1=C/c1cccs1. The van der Waals surface area contributed by atoms with E-state index in [1.165, 1.54) is 0 Å². The van der Waals surface area contributed by atoms with E-state index in [0.717, 1.165) is 9.75 Å². The summed E-state index contributed by atoms with van der Waals surface area (Å²) in [6.45, 7) is 0.